The van der Waals surface area contributed by atoms with Gasteiger partial charge in [-0.3, -0.25) is 9.59 Å². The number of hydrogen-bond donors (Lipinski definition) is 1. The smallest absolute Gasteiger partial charge is 0.279 e. The molecule has 2 aromatic carbocycles. The van der Waals surface area contributed by atoms with Crippen LogP contribution in [0.4, 0.5) is 0 Å². The van der Waals surface area contributed by atoms with E-state index in [1.807, 2.05) is 79.1 Å². The monoisotopic (exact) mass is 415 g/mol. The van der Waals surface area contributed by atoms with Crippen LogP contribution in [0, 0.1) is 6.92 Å². The van der Waals surface area contributed by atoms with Crippen molar-refractivity contribution in [1.82, 2.24) is 24.5 Å². The van der Waals surface area contributed by atoms with Crippen molar-refractivity contribution < 1.29 is 4.79 Å². The lowest BCUT2D eigenvalue weighted by Gasteiger charge is -2.15. The maximum atomic E-state index is 13.3. The van der Waals surface area contributed by atoms with Crippen LogP contribution < -0.4 is 10.9 Å². The number of nitrogens with one attached hydrogen (secondary N) is 1. The second kappa shape index (κ2) is 8.95. The Morgan fingerprint density at radius 1 is 1.03 bits per heavy atom. The SMILES string of the molecule is CCCNC(=O)Cc1c(C)n(Cc2ccccc2)c2nc(-c3ccccc3)nn2c1=O. The molecular formula is C24H25N5O2. The maximum absolute atomic E-state index is 13.3. The van der Waals surface area contributed by atoms with E-state index in [0.717, 1.165) is 23.2 Å². The molecule has 0 fully saturated rings. The first-order valence-corrected chi connectivity index (χ1v) is 10.4. The standard InChI is InChI=1S/C24H25N5O2/c1-3-14-25-21(30)15-20-17(2)28(16-18-10-6-4-7-11-18)24-26-22(27-29(24)23(20)31)19-12-8-5-9-13-19/h4-13H,3,14-16H2,1-2H3,(H,25,30). The Kier molecular flexibility index (Phi) is 5.93. The number of nitrogens with zero attached hydrogens (tertiary/aromatic N) is 4. The summed E-state index contributed by atoms with van der Waals surface area (Å²) in [5.41, 5.74) is 2.75. The molecule has 1 amide bonds. The van der Waals surface area contributed by atoms with Gasteiger partial charge in [0.1, 0.15) is 0 Å². The van der Waals surface area contributed by atoms with E-state index in [9.17, 15) is 9.59 Å². The first-order chi connectivity index (χ1) is 15.1. The summed E-state index contributed by atoms with van der Waals surface area (Å²) >= 11 is 0. The fourth-order valence-corrected chi connectivity index (χ4v) is 3.57. The Labute approximate surface area is 180 Å². The molecule has 7 nitrogen and oxygen atoms in total. The zero-order valence-electron chi connectivity index (χ0n) is 17.7. The lowest BCUT2D eigenvalue weighted by molar-refractivity contribution is -0.120. The molecule has 0 aliphatic rings. The number of carbonyl (C=O) groups excluding carboxylic acids is 1. The summed E-state index contributed by atoms with van der Waals surface area (Å²) in [4.78, 5) is 30.4. The molecule has 2 aromatic heterocycles. The molecule has 31 heavy (non-hydrogen) atoms. The van der Waals surface area contributed by atoms with Crippen LogP contribution in [0.5, 0.6) is 0 Å². The second-order valence-corrected chi connectivity index (χ2v) is 7.48. The Balaban J connectivity index is 1.87. The summed E-state index contributed by atoms with van der Waals surface area (Å²) in [6.45, 7) is 4.96. The Hall–Kier alpha value is -3.74. The van der Waals surface area contributed by atoms with Gasteiger partial charge in [0.15, 0.2) is 5.82 Å². The van der Waals surface area contributed by atoms with Crippen LogP contribution >= 0.6 is 0 Å². The number of amides is 1. The van der Waals surface area contributed by atoms with Crippen LogP contribution in [0.3, 0.4) is 0 Å². The van der Waals surface area contributed by atoms with Gasteiger partial charge in [-0.05, 0) is 18.9 Å². The van der Waals surface area contributed by atoms with E-state index in [2.05, 4.69) is 15.4 Å². The molecule has 1 N–H and O–H groups in total. The Morgan fingerprint density at radius 2 is 1.71 bits per heavy atom. The summed E-state index contributed by atoms with van der Waals surface area (Å²) in [6.07, 6.45) is 0.849. The molecule has 0 saturated carbocycles. The van der Waals surface area contributed by atoms with Gasteiger partial charge in [0.2, 0.25) is 11.7 Å². The lowest BCUT2D eigenvalue weighted by atomic mass is 10.1. The van der Waals surface area contributed by atoms with Crippen LogP contribution in [0.15, 0.2) is 65.5 Å². The number of hydrogen-bond acceptors (Lipinski definition) is 4. The fourth-order valence-electron chi connectivity index (χ4n) is 3.57. The van der Waals surface area contributed by atoms with Crippen molar-refractivity contribution in [3.8, 4) is 11.4 Å². The molecule has 0 aliphatic carbocycles. The van der Waals surface area contributed by atoms with Gasteiger partial charge < -0.3 is 9.88 Å². The van der Waals surface area contributed by atoms with Crippen LogP contribution in [-0.2, 0) is 17.8 Å². The summed E-state index contributed by atoms with van der Waals surface area (Å²) in [5.74, 6) is 0.769. The van der Waals surface area contributed by atoms with Gasteiger partial charge in [-0.25, -0.2) is 0 Å². The van der Waals surface area contributed by atoms with Crippen LogP contribution in [0.1, 0.15) is 30.2 Å². The highest BCUT2D eigenvalue weighted by atomic mass is 16.2. The summed E-state index contributed by atoms with van der Waals surface area (Å²) < 4.78 is 3.28. The van der Waals surface area contributed by atoms with Crippen molar-refractivity contribution in [1.29, 1.82) is 0 Å². The summed E-state index contributed by atoms with van der Waals surface area (Å²) in [7, 11) is 0. The molecule has 0 atom stereocenters. The normalized spacial score (nSPS) is 11.0. The van der Waals surface area contributed by atoms with Gasteiger partial charge in [0, 0.05) is 23.4 Å². The zero-order chi connectivity index (χ0) is 21.8. The highest BCUT2D eigenvalue weighted by Crippen LogP contribution is 2.18. The largest absolute Gasteiger partial charge is 0.356 e. The lowest BCUT2D eigenvalue weighted by Crippen LogP contribution is -2.32. The van der Waals surface area contributed by atoms with E-state index in [-0.39, 0.29) is 17.9 Å². The van der Waals surface area contributed by atoms with Gasteiger partial charge in [0.05, 0.1) is 13.0 Å². The van der Waals surface area contributed by atoms with E-state index in [0.29, 0.717) is 30.3 Å². The van der Waals surface area contributed by atoms with Gasteiger partial charge in [-0.1, -0.05) is 67.6 Å². The minimum absolute atomic E-state index is 0.00985. The van der Waals surface area contributed by atoms with E-state index in [1.54, 1.807) is 0 Å². The highest BCUT2D eigenvalue weighted by Gasteiger charge is 2.20. The van der Waals surface area contributed by atoms with Crippen LogP contribution in [-0.4, -0.2) is 31.6 Å². The molecule has 4 aromatic rings. The molecule has 158 valence electrons. The topological polar surface area (TPSA) is 81.3 Å². The van der Waals surface area contributed by atoms with Crippen LogP contribution in [0.2, 0.25) is 0 Å². The van der Waals surface area contributed by atoms with Gasteiger partial charge in [0.25, 0.3) is 5.56 Å². The third-order valence-corrected chi connectivity index (χ3v) is 5.25. The number of fused-ring (bicyclic) bond motifs is 1. The zero-order valence-corrected chi connectivity index (χ0v) is 17.7. The summed E-state index contributed by atoms with van der Waals surface area (Å²) in [6, 6.07) is 19.5. The van der Waals surface area contributed by atoms with Gasteiger partial charge in [-0.15, -0.1) is 5.10 Å². The predicted molar refractivity (Wildman–Crippen MR) is 120 cm³/mol. The number of rotatable bonds is 7. The number of benzene rings is 2. The molecule has 0 saturated heterocycles. The second-order valence-electron chi connectivity index (χ2n) is 7.48. The molecule has 0 unspecified atom stereocenters. The maximum Gasteiger partial charge on any atom is 0.279 e. The van der Waals surface area contributed by atoms with Crippen molar-refractivity contribution in [3.05, 3.63) is 87.8 Å². The molecule has 0 radical (unpaired) electrons. The number of aromatic nitrogens is 4. The molecular weight excluding hydrogens is 390 g/mol. The third-order valence-electron chi connectivity index (χ3n) is 5.25. The van der Waals surface area contributed by atoms with Crippen molar-refractivity contribution in [2.45, 2.75) is 33.2 Å². The minimum Gasteiger partial charge on any atom is -0.356 e. The molecule has 0 bridgehead atoms. The van der Waals surface area contributed by atoms with E-state index in [4.69, 9.17) is 0 Å². The molecule has 0 aliphatic heterocycles. The highest BCUT2D eigenvalue weighted by molar-refractivity contribution is 5.78. The predicted octanol–water partition coefficient (Wildman–Crippen LogP) is 2.98. The third kappa shape index (κ3) is 4.26. The first-order valence-electron chi connectivity index (χ1n) is 10.4. The molecule has 2 heterocycles. The van der Waals surface area contributed by atoms with Crippen molar-refractivity contribution in [2.24, 2.45) is 0 Å². The average Bonchev–Trinajstić information content (AvgIpc) is 3.25. The van der Waals surface area contributed by atoms with Crippen LogP contribution in [0.25, 0.3) is 17.2 Å². The fraction of sp³-hybridized carbons (Fsp3) is 0.250. The summed E-state index contributed by atoms with van der Waals surface area (Å²) in [5, 5.41) is 7.35. The van der Waals surface area contributed by atoms with Gasteiger partial charge >= 0.3 is 0 Å². The quantitative estimate of drug-likeness (QED) is 0.503. The average molecular weight is 415 g/mol. The van der Waals surface area contributed by atoms with Crippen molar-refractivity contribution in [3.63, 3.8) is 0 Å². The van der Waals surface area contributed by atoms with Crippen molar-refractivity contribution in [2.75, 3.05) is 6.54 Å². The molecule has 7 heteroatoms. The minimum atomic E-state index is -0.307. The number of carbonyl (C=O) groups is 1. The first kappa shape index (κ1) is 20.5. The Bertz CT molecular complexity index is 1260. The van der Waals surface area contributed by atoms with E-state index >= 15 is 0 Å². The van der Waals surface area contributed by atoms with Gasteiger partial charge in [-0.2, -0.15) is 9.50 Å². The van der Waals surface area contributed by atoms with Crippen molar-refractivity contribution >= 4 is 11.7 Å². The van der Waals surface area contributed by atoms with E-state index < -0.39 is 0 Å². The van der Waals surface area contributed by atoms with E-state index in [1.165, 1.54) is 4.52 Å². The molecule has 0 spiro atoms. The Morgan fingerprint density at radius 3 is 2.39 bits per heavy atom. The molecule has 4 rings (SSSR count).